The number of hydrogen-bond acceptors (Lipinski definition) is 6. The largest absolute Gasteiger partial charge is 0.469 e. The Hall–Kier alpha value is -2.97. The number of alkyl halides is 3. The molecular formula is C20H22F3N3O3. The normalized spacial score (nSPS) is 12.4. The summed E-state index contributed by atoms with van der Waals surface area (Å²) in [6.07, 6.45) is -4.69. The number of aromatic nitrogens is 2. The fourth-order valence-electron chi connectivity index (χ4n) is 3.15. The molecule has 0 saturated heterocycles. The van der Waals surface area contributed by atoms with Crippen LogP contribution in [0.2, 0.25) is 0 Å². The van der Waals surface area contributed by atoms with Gasteiger partial charge in [-0.3, -0.25) is 9.59 Å². The van der Waals surface area contributed by atoms with Crippen LogP contribution in [-0.2, 0) is 22.1 Å². The number of carbonyl (C=O) groups is 2. The Morgan fingerprint density at radius 2 is 1.86 bits per heavy atom. The van der Waals surface area contributed by atoms with Gasteiger partial charge in [0, 0.05) is 0 Å². The van der Waals surface area contributed by atoms with Crippen molar-refractivity contribution in [1.82, 2.24) is 9.97 Å². The molecule has 0 fully saturated rings. The molecule has 1 heterocycles. The highest BCUT2D eigenvalue weighted by Gasteiger charge is 2.33. The molecule has 1 N–H and O–H groups in total. The molecule has 2 rings (SSSR count). The predicted molar refractivity (Wildman–Crippen MR) is 101 cm³/mol. The second-order valence-electron chi connectivity index (χ2n) is 6.63. The van der Waals surface area contributed by atoms with Gasteiger partial charge in [0.05, 0.1) is 36.4 Å². The molecule has 0 radical (unpaired) electrons. The minimum atomic E-state index is -4.47. The number of nitrogens with zero attached hydrogens (tertiary/aromatic N) is 2. The first-order valence-corrected chi connectivity index (χ1v) is 8.84. The van der Waals surface area contributed by atoms with E-state index in [0.29, 0.717) is 11.4 Å². The summed E-state index contributed by atoms with van der Waals surface area (Å²) in [6.45, 7) is 5.97. The molecule has 1 atom stereocenters. The highest BCUT2D eigenvalue weighted by atomic mass is 19.4. The van der Waals surface area contributed by atoms with E-state index in [0.717, 1.165) is 6.07 Å². The van der Waals surface area contributed by atoms with E-state index >= 15 is 0 Å². The van der Waals surface area contributed by atoms with E-state index in [9.17, 15) is 22.8 Å². The van der Waals surface area contributed by atoms with E-state index in [-0.39, 0.29) is 34.8 Å². The first-order valence-electron chi connectivity index (χ1n) is 8.84. The number of Topliss-reactive ketones (excluding diaryl/α,β-unsaturated/α-hetero) is 1. The molecule has 0 bridgehead atoms. The third-order valence-electron chi connectivity index (χ3n) is 4.49. The van der Waals surface area contributed by atoms with E-state index < -0.39 is 23.8 Å². The molecule has 6 nitrogen and oxygen atoms in total. The standard InChI is InChI=1S/C20H22F3N3O3/c1-10-14(7-6-8-15(10)20(21,22)23)11(2)24-19-18(12(3)27)16(9-17(28)29-5)25-13(4)26-19/h6-8,11H,9H2,1-5H3,(H,24,25,26)/t11-/m1/s1. The van der Waals surface area contributed by atoms with Crippen molar-refractivity contribution in [2.75, 3.05) is 12.4 Å². The lowest BCUT2D eigenvalue weighted by Crippen LogP contribution is -2.19. The summed E-state index contributed by atoms with van der Waals surface area (Å²) in [7, 11) is 1.22. The second-order valence-corrected chi connectivity index (χ2v) is 6.63. The fraction of sp³-hybridized carbons (Fsp3) is 0.400. The van der Waals surface area contributed by atoms with Crippen LogP contribution in [0.5, 0.6) is 0 Å². The SMILES string of the molecule is COC(=O)Cc1nc(C)nc(N[C@H](C)c2cccc(C(F)(F)F)c2C)c1C(C)=O. The van der Waals surface area contributed by atoms with Gasteiger partial charge in [0.15, 0.2) is 5.78 Å². The molecule has 0 spiro atoms. The van der Waals surface area contributed by atoms with Crippen molar-refractivity contribution in [2.45, 2.75) is 46.3 Å². The van der Waals surface area contributed by atoms with Crippen molar-refractivity contribution in [3.05, 3.63) is 52.0 Å². The van der Waals surface area contributed by atoms with Gasteiger partial charge < -0.3 is 10.1 Å². The molecule has 1 aromatic carbocycles. The molecule has 9 heteroatoms. The molecule has 2 aromatic rings. The molecule has 0 aliphatic heterocycles. The van der Waals surface area contributed by atoms with Crippen molar-refractivity contribution in [1.29, 1.82) is 0 Å². The predicted octanol–water partition coefficient (Wildman–Crippen LogP) is 4.20. The number of aryl methyl sites for hydroxylation is 1. The maximum absolute atomic E-state index is 13.2. The molecule has 1 aromatic heterocycles. The van der Waals surface area contributed by atoms with Crippen molar-refractivity contribution < 1.29 is 27.5 Å². The maximum atomic E-state index is 13.2. The lowest BCUT2D eigenvalue weighted by molar-refractivity contribution is -0.140. The van der Waals surface area contributed by atoms with Crippen LogP contribution in [-0.4, -0.2) is 28.8 Å². The monoisotopic (exact) mass is 409 g/mol. The first kappa shape index (κ1) is 22.3. The molecule has 0 saturated carbocycles. The van der Waals surface area contributed by atoms with Gasteiger partial charge in [-0.25, -0.2) is 9.97 Å². The van der Waals surface area contributed by atoms with Crippen LogP contribution in [0.4, 0.5) is 19.0 Å². The molecule has 0 aliphatic carbocycles. The fourth-order valence-corrected chi connectivity index (χ4v) is 3.15. The number of hydrogen-bond donors (Lipinski definition) is 1. The number of carbonyl (C=O) groups excluding carboxylic acids is 2. The number of methoxy groups -OCH3 is 1. The zero-order chi connectivity index (χ0) is 21.9. The smallest absolute Gasteiger partial charge is 0.416 e. The average Bonchev–Trinajstić information content (AvgIpc) is 2.59. The van der Waals surface area contributed by atoms with E-state index in [1.807, 2.05) is 0 Å². The third-order valence-corrected chi connectivity index (χ3v) is 4.49. The van der Waals surface area contributed by atoms with Crippen LogP contribution in [0.15, 0.2) is 18.2 Å². The van der Waals surface area contributed by atoms with Crippen molar-refractivity contribution in [3.63, 3.8) is 0 Å². The summed E-state index contributed by atoms with van der Waals surface area (Å²) in [5.74, 6) is -0.477. The quantitative estimate of drug-likeness (QED) is 0.569. The van der Waals surface area contributed by atoms with Gasteiger partial charge in [-0.15, -0.1) is 0 Å². The molecule has 0 unspecified atom stereocenters. The van der Waals surface area contributed by atoms with Gasteiger partial charge in [0.1, 0.15) is 11.6 Å². The summed E-state index contributed by atoms with van der Waals surface area (Å²) in [6, 6.07) is 3.36. The molecule has 0 aliphatic rings. The Labute approximate surface area is 166 Å². The zero-order valence-corrected chi connectivity index (χ0v) is 16.8. The summed E-state index contributed by atoms with van der Waals surface area (Å²) in [4.78, 5) is 32.3. The van der Waals surface area contributed by atoms with Crippen LogP contribution in [0.3, 0.4) is 0 Å². The number of halogens is 3. The van der Waals surface area contributed by atoms with Gasteiger partial charge in [0.2, 0.25) is 0 Å². The Morgan fingerprint density at radius 1 is 1.21 bits per heavy atom. The maximum Gasteiger partial charge on any atom is 0.416 e. The lowest BCUT2D eigenvalue weighted by atomic mass is 9.97. The van der Waals surface area contributed by atoms with Crippen LogP contribution >= 0.6 is 0 Å². The summed E-state index contributed by atoms with van der Waals surface area (Å²) in [5, 5.41) is 3.01. The first-order chi connectivity index (χ1) is 13.5. The minimum absolute atomic E-state index is 0.0879. The van der Waals surface area contributed by atoms with Crippen LogP contribution < -0.4 is 5.32 Å². The number of ketones is 1. The van der Waals surface area contributed by atoms with E-state index in [1.54, 1.807) is 19.9 Å². The molecule has 156 valence electrons. The van der Waals surface area contributed by atoms with Crippen LogP contribution in [0.1, 0.15) is 58.5 Å². The van der Waals surface area contributed by atoms with Gasteiger partial charge in [-0.05, 0) is 44.9 Å². The lowest BCUT2D eigenvalue weighted by Gasteiger charge is -2.22. The van der Waals surface area contributed by atoms with E-state index in [4.69, 9.17) is 0 Å². The highest BCUT2D eigenvalue weighted by Crippen LogP contribution is 2.35. The van der Waals surface area contributed by atoms with E-state index in [2.05, 4.69) is 20.0 Å². The van der Waals surface area contributed by atoms with Crippen molar-refractivity contribution >= 4 is 17.6 Å². The number of ether oxygens (including phenoxy) is 1. The van der Waals surface area contributed by atoms with Gasteiger partial charge in [-0.1, -0.05) is 12.1 Å². The van der Waals surface area contributed by atoms with Gasteiger partial charge in [0.25, 0.3) is 0 Å². The Balaban J connectivity index is 2.49. The number of rotatable bonds is 6. The Morgan fingerprint density at radius 3 is 2.41 bits per heavy atom. The topological polar surface area (TPSA) is 81.2 Å². The van der Waals surface area contributed by atoms with Crippen LogP contribution in [0.25, 0.3) is 0 Å². The number of anilines is 1. The minimum Gasteiger partial charge on any atom is -0.469 e. The van der Waals surface area contributed by atoms with Crippen LogP contribution in [0, 0.1) is 13.8 Å². The number of esters is 1. The van der Waals surface area contributed by atoms with Gasteiger partial charge >= 0.3 is 12.1 Å². The molecular weight excluding hydrogens is 387 g/mol. The molecule has 0 amide bonds. The summed E-state index contributed by atoms with van der Waals surface area (Å²) >= 11 is 0. The molecule has 29 heavy (non-hydrogen) atoms. The third kappa shape index (κ3) is 5.10. The number of benzene rings is 1. The van der Waals surface area contributed by atoms with Crippen molar-refractivity contribution in [2.24, 2.45) is 0 Å². The Bertz CT molecular complexity index is 943. The Kier molecular flexibility index (Phi) is 6.61. The van der Waals surface area contributed by atoms with E-state index in [1.165, 1.54) is 27.0 Å². The highest BCUT2D eigenvalue weighted by molar-refractivity contribution is 6.00. The van der Waals surface area contributed by atoms with Crippen molar-refractivity contribution in [3.8, 4) is 0 Å². The average molecular weight is 409 g/mol. The summed E-state index contributed by atoms with van der Waals surface area (Å²) in [5.41, 5.74) is 0.0931. The number of nitrogens with one attached hydrogen (secondary N) is 1. The second kappa shape index (κ2) is 8.59. The van der Waals surface area contributed by atoms with Gasteiger partial charge in [-0.2, -0.15) is 13.2 Å². The zero-order valence-electron chi connectivity index (χ0n) is 16.8. The summed E-state index contributed by atoms with van der Waals surface area (Å²) < 4.78 is 44.3.